The van der Waals surface area contributed by atoms with Gasteiger partial charge in [-0.2, -0.15) is 9.40 Å². The van der Waals surface area contributed by atoms with Crippen LogP contribution in [0.5, 0.6) is 0 Å². The molecule has 25 heavy (non-hydrogen) atoms. The maximum atomic E-state index is 12.8. The van der Waals surface area contributed by atoms with Gasteiger partial charge in [0.15, 0.2) is 0 Å². The maximum absolute atomic E-state index is 12.8. The third kappa shape index (κ3) is 3.57. The quantitative estimate of drug-likeness (QED) is 0.843. The van der Waals surface area contributed by atoms with E-state index in [1.54, 1.807) is 32.2 Å². The van der Waals surface area contributed by atoms with Crippen molar-refractivity contribution < 1.29 is 13.2 Å². The summed E-state index contributed by atoms with van der Waals surface area (Å²) in [6.07, 6.45) is 4.27. The fraction of sp³-hybridized carbons (Fsp3) is 0.438. The molecule has 8 nitrogen and oxygen atoms in total. The highest BCUT2D eigenvalue weighted by Crippen LogP contribution is 2.24. The van der Waals surface area contributed by atoms with Crippen LogP contribution in [0.25, 0.3) is 0 Å². The predicted molar refractivity (Wildman–Crippen MR) is 91.5 cm³/mol. The molecular formula is C16H21N5O3S. The number of carbonyl (C=O) groups is 1. The number of H-pyrrole nitrogens is 1. The molecule has 0 aromatic carbocycles. The third-order valence-corrected chi connectivity index (χ3v) is 6.53. The standard InChI is InChI=1S/C16H21N5O3S/c1-11-15(12(2)20-19-11)25(23,24)21-8-5-14(6-9-21)18-16(22)13-4-3-7-17-10-13/h3-4,7,10,14H,5-6,8-9H2,1-2H3,(H,18,22)(H,19,20). The summed E-state index contributed by atoms with van der Waals surface area (Å²) in [6, 6.07) is 3.36. The number of pyridine rings is 1. The Kier molecular flexibility index (Phi) is 4.87. The van der Waals surface area contributed by atoms with Crippen LogP contribution in [-0.4, -0.2) is 52.9 Å². The lowest BCUT2D eigenvalue weighted by molar-refractivity contribution is 0.0923. The van der Waals surface area contributed by atoms with Gasteiger partial charge in [-0.25, -0.2) is 8.42 Å². The van der Waals surface area contributed by atoms with Gasteiger partial charge < -0.3 is 5.32 Å². The van der Waals surface area contributed by atoms with E-state index in [9.17, 15) is 13.2 Å². The third-order valence-electron chi connectivity index (χ3n) is 4.37. The molecule has 0 bridgehead atoms. The predicted octanol–water partition coefficient (Wildman–Crippen LogP) is 1.00. The first-order chi connectivity index (χ1) is 11.9. The Morgan fingerprint density at radius 2 is 2.04 bits per heavy atom. The first kappa shape index (κ1) is 17.6. The number of rotatable bonds is 4. The van der Waals surface area contributed by atoms with Crippen LogP contribution in [0.15, 0.2) is 29.4 Å². The van der Waals surface area contributed by atoms with E-state index >= 15 is 0 Å². The minimum absolute atomic E-state index is 0.0503. The second-order valence-electron chi connectivity index (χ2n) is 6.16. The summed E-state index contributed by atoms with van der Waals surface area (Å²) in [7, 11) is -3.57. The molecule has 1 amide bonds. The van der Waals surface area contributed by atoms with Crippen molar-refractivity contribution in [1.29, 1.82) is 0 Å². The van der Waals surface area contributed by atoms with Crippen molar-refractivity contribution in [2.24, 2.45) is 0 Å². The molecule has 0 unspecified atom stereocenters. The fourth-order valence-electron chi connectivity index (χ4n) is 3.06. The summed E-state index contributed by atoms with van der Waals surface area (Å²) in [5, 5.41) is 9.63. The lowest BCUT2D eigenvalue weighted by Crippen LogP contribution is -2.46. The van der Waals surface area contributed by atoms with E-state index in [0.29, 0.717) is 42.9 Å². The Morgan fingerprint density at radius 1 is 1.32 bits per heavy atom. The number of aromatic nitrogens is 3. The number of piperidine rings is 1. The van der Waals surface area contributed by atoms with Gasteiger partial charge >= 0.3 is 0 Å². The first-order valence-electron chi connectivity index (χ1n) is 8.12. The minimum atomic E-state index is -3.57. The minimum Gasteiger partial charge on any atom is -0.349 e. The molecule has 0 spiro atoms. The Bertz CT molecular complexity index is 836. The SMILES string of the molecule is Cc1n[nH]c(C)c1S(=O)(=O)N1CCC(NC(=O)c2cccnc2)CC1. The number of aromatic amines is 1. The Morgan fingerprint density at radius 3 is 2.60 bits per heavy atom. The van der Waals surface area contributed by atoms with Crippen molar-refractivity contribution in [3.05, 3.63) is 41.5 Å². The zero-order valence-corrected chi connectivity index (χ0v) is 15.0. The van der Waals surface area contributed by atoms with Crippen LogP contribution in [0, 0.1) is 13.8 Å². The van der Waals surface area contributed by atoms with E-state index in [1.807, 2.05) is 0 Å². The van der Waals surface area contributed by atoms with Crippen LogP contribution in [-0.2, 0) is 10.0 Å². The largest absolute Gasteiger partial charge is 0.349 e. The van der Waals surface area contributed by atoms with Gasteiger partial charge in [0.05, 0.1) is 17.0 Å². The van der Waals surface area contributed by atoms with Gasteiger partial charge in [0, 0.05) is 31.5 Å². The van der Waals surface area contributed by atoms with Crippen molar-refractivity contribution in [1.82, 2.24) is 24.8 Å². The molecule has 0 saturated carbocycles. The highest BCUT2D eigenvalue weighted by atomic mass is 32.2. The number of hydrogen-bond acceptors (Lipinski definition) is 5. The number of carbonyl (C=O) groups excluding carboxylic acids is 1. The molecule has 0 atom stereocenters. The van der Waals surface area contributed by atoms with Crippen molar-refractivity contribution >= 4 is 15.9 Å². The topological polar surface area (TPSA) is 108 Å². The molecule has 1 aliphatic rings. The first-order valence-corrected chi connectivity index (χ1v) is 9.56. The molecule has 1 saturated heterocycles. The van der Waals surface area contributed by atoms with Crippen LogP contribution < -0.4 is 5.32 Å². The monoisotopic (exact) mass is 363 g/mol. The summed E-state index contributed by atoms with van der Waals surface area (Å²) in [5.74, 6) is -0.184. The molecule has 2 aromatic rings. The zero-order valence-electron chi connectivity index (χ0n) is 14.2. The van der Waals surface area contributed by atoms with Crippen LogP contribution in [0.3, 0.4) is 0 Å². The molecule has 1 fully saturated rings. The smallest absolute Gasteiger partial charge is 0.253 e. The second-order valence-corrected chi connectivity index (χ2v) is 8.03. The van der Waals surface area contributed by atoms with Gasteiger partial charge in [-0.15, -0.1) is 0 Å². The molecule has 9 heteroatoms. The van der Waals surface area contributed by atoms with Crippen LogP contribution in [0.4, 0.5) is 0 Å². The average Bonchev–Trinajstić information content (AvgIpc) is 2.95. The molecule has 0 radical (unpaired) electrons. The number of hydrogen-bond donors (Lipinski definition) is 2. The van der Waals surface area contributed by atoms with Crippen molar-refractivity contribution in [2.75, 3.05) is 13.1 Å². The molecule has 3 rings (SSSR count). The number of nitrogens with one attached hydrogen (secondary N) is 2. The van der Waals surface area contributed by atoms with E-state index in [0.717, 1.165) is 0 Å². The number of nitrogens with zero attached hydrogens (tertiary/aromatic N) is 3. The van der Waals surface area contributed by atoms with Gasteiger partial charge in [-0.3, -0.25) is 14.9 Å². The van der Waals surface area contributed by atoms with Crippen molar-refractivity contribution in [3.8, 4) is 0 Å². The molecule has 2 N–H and O–H groups in total. The average molecular weight is 363 g/mol. The lowest BCUT2D eigenvalue weighted by atomic mass is 10.1. The second kappa shape index (κ2) is 6.93. The number of aryl methyl sites for hydroxylation is 2. The molecule has 3 heterocycles. The van der Waals surface area contributed by atoms with Gasteiger partial charge in [-0.1, -0.05) is 0 Å². The highest BCUT2D eigenvalue weighted by molar-refractivity contribution is 7.89. The van der Waals surface area contributed by atoms with E-state index in [4.69, 9.17) is 0 Å². The number of amides is 1. The van der Waals surface area contributed by atoms with Crippen LogP contribution in [0.2, 0.25) is 0 Å². The molecule has 1 aliphatic heterocycles. The van der Waals surface area contributed by atoms with E-state index in [1.165, 1.54) is 10.5 Å². The zero-order chi connectivity index (χ0) is 18.0. The Hall–Kier alpha value is -2.26. The summed E-state index contributed by atoms with van der Waals surface area (Å²) >= 11 is 0. The Labute approximate surface area is 146 Å². The van der Waals surface area contributed by atoms with E-state index in [-0.39, 0.29) is 16.8 Å². The number of sulfonamides is 1. The molecule has 134 valence electrons. The normalized spacial score (nSPS) is 16.7. The molecular weight excluding hydrogens is 342 g/mol. The summed E-state index contributed by atoms with van der Waals surface area (Å²) < 4.78 is 27.1. The van der Waals surface area contributed by atoms with Gasteiger partial charge in [0.1, 0.15) is 4.90 Å². The summed E-state index contributed by atoms with van der Waals surface area (Å²) in [6.45, 7) is 4.11. The van der Waals surface area contributed by atoms with E-state index < -0.39 is 10.0 Å². The molecule has 0 aliphatic carbocycles. The summed E-state index contributed by atoms with van der Waals surface area (Å²) in [5.41, 5.74) is 1.52. The fourth-order valence-corrected chi connectivity index (χ4v) is 4.86. The van der Waals surface area contributed by atoms with Gasteiger partial charge in [-0.05, 0) is 38.8 Å². The van der Waals surface area contributed by atoms with Crippen molar-refractivity contribution in [2.45, 2.75) is 37.6 Å². The van der Waals surface area contributed by atoms with E-state index in [2.05, 4.69) is 20.5 Å². The molecule has 2 aromatic heterocycles. The maximum Gasteiger partial charge on any atom is 0.253 e. The Balaban J connectivity index is 1.63. The van der Waals surface area contributed by atoms with Gasteiger partial charge in [0.2, 0.25) is 10.0 Å². The van der Waals surface area contributed by atoms with Gasteiger partial charge in [0.25, 0.3) is 5.91 Å². The van der Waals surface area contributed by atoms with Crippen LogP contribution >= 0.6 is 0 Å². The summed E-state index contributed by atoms with van der Waals surface area (Å²) in [4.78, 5) is 16.4. The van der Waals surface area contributed by atoms with Crippen LogP contribution in [0.1, 0.15) is 34.6 Å². The highest BCUT2D eigenvalue weighted by Gasteiger charge is 2.33. The lowest BCUT2D eigenvalue weighted by Gasteiger charge is -2.31. The van der Waals surface area contributed by atoms with Crippen molar-refractivity contribution in [3.63, 3.8) is 0 Å².